The van der Waals surface area contributed by atoms with Gasteiger partial charge in [-0.1, -0.05) is 19.8 Å². The highest BCUT2D eigenvalue weighted by Gasteiger charge is 2.42. The fraction of sp³-hybridized carbons (Fsp3) is 0.929. The van der Waals surface area contributed by atoms with Crippen LogP contribution in [0.5, 0.6) is 0 Å². The Morgan fingerprint density at radius 1 is 1.33 bits per heavy atom. The molecule has 1 saturated heterocycles. The van der Waals surface area contributed by atoms with E-state index in [1.807, 2.05) is 0 Å². The van der Waals surface area contributed by atoms with E-state index in [2.05, 4.69) is 12.2 Å². The first kappa shape index (κ1) is 13.8. The Hall–Kier alpha value is -0.610. The summed E-state index contributed by atoms with van der Waals surface area (Å²) in [6, 6.07) is 0. The molecule has 4 nitrogen and oxygen atoms in total. The van der Waals surface area contributed by atoms with E-state index in [9.17, 15) is 4.79 Å². The zero-order valence-electron chi connectivity index (χ0n) is 11.4. The number of carbonyl (C=O) groups is 1. The molecule has 0 aromatic heterocycles. The van der Waals surface area contributed by atoms with Crippen LogP contribution in [-0.2, 0) is 14.3 Å². The minimum atomic E-state index is -0.322. The van der Waals surface area contributed by atoms with Crippen LogP contribution in [0.15, 0.2) is 0 Å². The van der Waals surface area contributed by atoms with Crippen LogP contribution in [0.3, 0.4) is 0 Å². The zero-order valence-corrected chi connectivity index (χ0v) is 11.4. The monoisotopic (exact) mass is 255 g/mol. The molecule has 1 heterocycles. The fourth-order valence-corrected chi connectivity index (χ4v) is 2.72. The Morgan fingerprint density at radius 3 is 2.83 bits per heavy atom. The Morgan fingerprint density at radius 2 is 2.11 bits per heavy atom. The molecule has 0 aromatic rings. The summed E-state index contributed by atoms with van der Waals surface area (Å²) in [6.07, 6.45) is 8.35. The first-order valence-electron chi connectivity index (χ1n) is 7.32. The van der Waals surface area contributed by atoms with E-state index in [-0.39, 0.29) is 17.8 Å². The molecule has 2 fully saturated rings. The number of amides is 1. The molecule has 1 aliphatic heterocycles. The molecule has 0 aromatic carbocycles. The number of ether oxygens (including phenoxy) is 2. The fourth-order valence-electron chi connectivity index (χ4n) is 2.72. The molecule has 18 heavy (non-hydrogen) atoms. The standard InChI is InChI=1S/C14H25NO3/c1-2-3-7-13(16)15-10-12-11-17-14(18-12)8-5-4-6-9-14/h12H,2-11H2,1H3,(H,15,16). The number of unbranched alkanes of at least 4 members (excludes halogenated alkanes) is 1. The molecule has 104 valence electrons. The average Bonchev–Trinajstić information content (AvgIpc) is 2.78. The van der Waals surface area contributed by atoms with Gasteiger partial charge in [-0.3, -0.25) is 4.79 Å². The van der Waals surface area contributed by atoms with Crippen LogP contribution in [-0.4, -0.2) is 30.9 Å². The van der Waals surface area contributed by atoms with Crippen molar-refractivity contribution in [2.24, 2.45) is 0 Å². The van der Waals surface area contributed by atoms with Gasteiger partial charge in [0.1, 0.15) is 6.10 Å². The van der Waals surface area contributed by atoms with E-state index < -0.39 is 0 Å². The topological polar surface area (TPSA) is 47.6 Å². The van der Waals surface area contributed by atoms with Crippen molar-refractivity contribution in [1.82, 2.24) is 5.32 Å². The molecule has 1 aliphatic carbocycles. The number of carbonyl (C=O) groups excluding carboxylic acids is 1. The van der Waals surface area contributed by atoms with Crippen LogP contribution in [0.25, 0.3) is 0 Å². The predicted molar refractivity (Wildman–Crippen MR) is 69.2 cm³/mol. The lowest BCUT2D eigenvalue weighted by Crippen LogP contribution is -2.37. The second-order valence-corrected chi connectivity index (χ2v) is 5.43. The highest BCUT2D eigenvalue weighted by Crippen LogP contribution is 2.37. The van der Waals surface area contributed by atoms with E-state index in [0.29, 0.717) is 19.6 Å². The van der Waals surface area contributed by atoms with Gasteiger partial charge in [0.15, 0.2) is 5.79 Å². The summed E-state index contributed by atoms with van der Waals surface area (Å²) in [4.78, 5) is 11.5. The molecule has 1 N–H and O–H groups in total. The van der Waals surface area contributed by atoms with Crippen molar-refractivity contribution in [3.05, 3.63) is 0 Å². The lowest BCUT2D eigenvalue weighted by atomic mass is 9.94. The molecule has 1 amide bonds. The van der Waals surface area contributed by atoms with Gasteiger partial charge in [-0.05, 0) is 19.3 Å². The van der Waals surface area contributed by atoms with Crippen molar-refractivity contribution in [2.75, 3.05) is 13.2 Å². The van der Waals surface area contributed by atoms with Crippen molar-refractivity contribution < 1.29 is 14.3 Å². The maximum absolute atomic E-state index is 11.5. The van der Waals surface area contributed by atoms with Crippen LogP contribution in [0.2, 0.25) is 0 Å². The summed E-state index contributed by atoms with van der Waals surface area (Å²) in [7, 11) is 0. The van der Waals surface area contributed by atoms with Gasteiger partial charge in [-0.25, -0.2) is 0 Å². The Balaban J connectivity index is 1.67. The maximum atomic E-state index is 11.5. The molecule has 0 bridgehead atoms. The number of nitrogens with one attached hydrogen (secondary N) is 1. The predicted octanol–water partition coefficient (Wildman–Crippen LogP) is 2.37. The molecule has 1 saturated carbocycles. The van der Waals surface area contributed by atoms with Gasteiger partial charge in [-0.2, -0.15) is 0 Å². The van der Waals surface area contributed by atoms with Gasteiger partial charge < -0.3 is 14.8 Å². The van der Waals surface area contributed by atoms with Gasteiger partial charge >= 0.3 is 0 Å². The number of rotatable bonds is 5. The van der Waals surface area contributed by atoms with Crippen LogP contribution in [0.1, 0.15) is 58.3 Å². The minimum Gasteiger partial charge on any atom is -0.353 e. The highest BCUT2D eigenvalue weighted by atomic mass is 16.7. The third-order valence-corrected chi connectivity index (χ3v) is 3.81. The molecule has 1 unspecified atom stereocenters. The minimum absolute atomic E-state index is 0.0358. The second kappa shape index (κ2) is 6.53. The van der Waals surface area contributed by atoms with Gasteiger partial charge in [0.25, 0.3) is 0 Å². The Labute approximate surface area is 109 Å². The van der Waals surface area contributed by atoms with Crippen molar-refractivity contribution in [1.29, 1.82) is 0 Å². The smallest absolute Gasteiger partial charge is 0.220 e. The lowest BCUT2D eigenvalue weighted by molar-refractivity contribution is -0.186. The maximum Gasteiger partial charge on any atom is 0.220 e. The quantitative estimate of drug-likeness (QED) is 0.820. The van der Waals surface area contributed by atoms with E-state index in [0.717, 1.165) is 25.7 Å². The SMILES string of the molecule is CCCCC(=O)NCC1COC2(CCCCC2)O1. The average molecular weight is 255 g/mol. The summed E-state index contributed by atoms with van der Waals surface area (Å²) in [5.74, 6) is -0.193. The first-order valence-corrected chi connectivity index (χ1v) is 7.32. The van der Waals surface area contributed by atoms with Crippen molar-refractivity contribution in [3.8, 4) is 0 Å². The molecule has 2 rings (SSSR count). The third kappa shape index (κ3) is 3.69. The van der Waals surface area contributed by atoms with Crippen LogP contribution in [0, 0.1) is 0 Å². The van der Waals surface area contributed by atoms with E-state index >= 15 is 0 Å². The van der Waals surface area contributed by atoms with Crippen molar-refractivity contribution in [3.63, 3.8) is 0 Å². The third-order valence-electron chi connectivity index (χ3n) is 3.81. The zero-order chi connectivity index (χ0) is 12.8. The normalized spacial score (nSPS) is 26.4. The Bertz CT molecular complexity index is 274. The Kier molecular flexibility index (Phi) is 5.01. The van der Waals surface area contributed by atoms with Crippen LogP contribution >= 0.6 is 0 Å². The van der Waals surface area contributed by atoms with Gasteiger partial charge in [0.05, 0.1) is 6.61 Å². The highest BCUT2D eigenvalue weighted by molar-refractivity contribution is 5.75. The summed E-state index contributed by atoms with van der Waals surface area (Å²) >= 11 is 0. The molecular formula is C14H25NO3. The van der Waals surface area contributed by atoms with Crippen LogP contribution < -0.4 is 5.32 Å². The summed E-state index contributed by atoms with van der Waals surface area (Å²) < 4.78 is 11.8. The van der Waals surface area contributed by atoms with E-state index in [4.69, 9.17) is 9.47 Å². The largest absolute Gasteiger partial charge is 0.353 e. The van der Waals surface area contributed by atoms with E-state index in [1.165, 1.54) is 19.3 Å². The van der Waals surface area contributed by atoms with E-state index in [1.54, 1.807) is 0 Å². The summed E-state index contributed by atoms with van der Waals surface area (Å²) in [5, 5.41) is 2.94. The number of hydrogen-bond acceptors (Lipinski definition) is 3. The molecular weight excluding hydrogens is 230 g/mol. The first-order chi connectivity index (χ1) is 8.74. The van der Waals surface area contributed by atoms with Gasteiger partial charge in [0.2, 0.25) is 5.91 Å². The summed E-state index contributed by atoms with van der Waals surface area (Å²) in [5.41, 5.74) is 0. The van der Waals surface area contributed by atoms with Gasteiger partial charge in [0, 0.05) is 25.8 Å². The molecule has 1 spiro atoms. The summed E-state index contributed by atoms with van der Waals surface area (Å²) in [6.45, 7) is 3.30. The van der Waals surface area contributed by atoms with Crippen molar-refractivity contribution >= 4 is 5.91 Å². The van der Waals surface area contributed by atoms with Crippen LogP contribution in [0.4, 0.5) is 0 Å². The molecule has 1 atom stereocenters. The molecule has 0 radical (unpaired) electrons. The molecule has 4 heteroatoms. The molecule has 2 aliphatic rings. The van der Waals surface area contributed by atoms with Gasteiger partial charge in [-0.15, -0.1) is 0 Å². The van der Waals surface area contributed by atoms with Crippen molar-refractivity contribution in [2.45, 2.75) is 70.2 Å². The lowest BCUT2D eigenvalue weighted by Gasteiger charge is -2.31. The number of hydrogen-bond donors (Lipinski definition) is 1. The second-order valence-electron chi connectivity index (χ2n) is 5.43.